The fourth-order valence-corrected chi connectivity index (χ4v) is 2.89. The third-order valence-corrected chi connectivity index (χ3v) is 3.89. The highest BCUT2D eigenvalue weighted by atomic mass is 32.2. The zero-order chi connectivity index (χ0) is 9.35. The summed E-state index contributed by atoms with van der Waals surface area (Å²) in [6, 6.07) is -0.703. The van der Waals surface area contributed by atoms with Gasteiger partial charge in [-0.25, -0.2) is 8.42 Å². The first-order chi connectivity index (χ1) is 5.41. The van der Waals surface area contributed by atoms with Gasteiger partial charge in [-0.1, -0.05) is 0 Å². The summed E-state index contributed by atoms with van der Waals surface area (Å²) in [4.78, 5) is 10.5. The highest BCUT2D eigenvalue weighted by Gasteiger charge is 2.34. The van der Waals surface area contributed by atoms with Crippen molar-refractivity contribution < 1.29 is 13.2 Å². The lowest BCUT2D eigenvalue weighted by Gasteiger charge is -2.26. The van der Waals surface area contributed by atoms with Crippen molar-refractivity contribution in [1.29, 1.82) is 0 Å². The fourth-order valence-electron chi connectivity index (χ4n) is 1.28. The SMILES string of the molecule is NC(=O)C(N)CC1CS(=O)(=O)C1. The zero-order valence-corrected chi connectivity index (χ0v) is 7.38. The number of amides is 1. The van der Waals surface area contributed by atoms with Crippen LogP contribution in [0.1, 0.15) is 6.42 Å². The van der Waals surface area contributed by atoms with Gasteiger partial charge in [0, 0.05) is 0 Å². The number of hydrogen-bond acceptors (Lipinski definition) is 4. The van der Waals surface area contributed by atoms with E-state index in [9.17, 15) is 13.2 Å². The van der Waals surface area contributed by atoms with Crippen LogP contribution < -0.4 is 11.5 Å². The topological polar surface area (TPSA) is 103 Å². The standard InChI is InChI=1S/C6H12N2O3S/c7-5(6(8)9)1-4-2-12(10,11)3-4/h4-5H,1-3,7H2,(H2,8,9). The lowest BCUT2D eigenvalue weighted by atomic mass is 10.0. The molecule has 12 heavy (non-hydrogen) atoms. The monoisotopic (exact) mass is 192 g/mol. The average molecular weight is 192 g/mol. The minimum Gasteiger partial charge on any atom is -0.368 e. The Morgan fingerprint density at radius 1 is 1.50 bits per heavy atom. The van der Waals surface area contributed by atoms with E-state index in [-0.39, 0.29) is 17.4 Å². The predicted octanol–water partition coefficient (Wildman–Crippen LogP) is -1.77. The summed E-state index contributed by atoms with van der Waals surface area (Å²) >= 11 is 0. The Balaban J connectivity index is 2.32. The van der Waals surface area contributed by atoms with Crippen molar-refractivity contribution in [2.24, 2.45) is 17.4 Å². The maximum absolute atomic E-state index is 10.7. The van der Waals surface area contributed by atoms with E-state index in [1.807, 2.05) is 0 Å². The number of rotatable bonds is 3. The van der Waals surface area contributed by atoms with E-state index in [1.54, 1.807) is 0 Å². The van der Waals surface area contributed by atoms with Gasteiger partial charge in [0.05, 0.1) is 17.5 Å². The van der Waals surface area contributed by atoms with E-state index in [4.69, 9.17) is 11.5 Å². The van der Waals surface area contributed by atoms with Crippen LogP contribution in [0.4, 0.5) is 0 Å². The lowest BCUT2D eigenvalue weighted by Crippen LogP contribution is -2.44. The fraction of sp³-hybridized carbons (Fsp3) is 0.833. The molecule has 1 amide bonds. The van der Waals surface area contributed by atoms with E-state index in [2.05, 4.69) is 0 Å². The summed E-state index contributed by atoms with van der Waals surface area (Å²) < 4.78 is 21.4. The molecule has 1 heterocycles. The number of sulfone groups is 1. The first-order valence-electron chi connectivity index (χ1n) is 3.66. The van der Waals surface area contributed by atoms with Crippen LogP contribution in [0.15, 0.2) is 0 Å². The second-order valence-electron chi connectivity index (χ2n) is 3.19. The Hall–Kier alpha value is -0.620. The van der Waals surface area contributed by atoms with Crippen LogP contribution in [-0.2, 0) is 14.6 Å². The van der Waals surface area contributed by atoms with Crippen molar-refractivity contribution in [1.82, 2.24) is 0 Å². The second-order valence-corrected chi connectivity index (χ2v) is 5.34. The van der Waals surface area contributed by atoms with Crippen molar-refractivity contribution in [3.8, 4) is 0 Å². The molecule has 5 nitrogen and oxygen atoms in total. The van der Waals surface area contributed by atoms with E-state index in [1.165, 1.54) is 0 Å². The number of nitrogens with two attached hydrogens (primary N) is 2. The van der Waals surface area contributed by atoms with Gasteiger partial charge >= 0.3 is 0 Å². The summed E-state index contributed by atoms with van der Waals surface area (Å²) in [5, 5.41) is 0. The van der Waals surface area contributed by atoms with Gasteiger partial charge in [0.25, 0.3) is 0 Å². The Kier molecular flexibility index (Phi) is 2.39. The maximum atomic E-state index is 10.7. The van der Waals surface area contributed by atoms with Crippen LogP contribution in [0, 0.1) is 5.92 Å². The summed E-state index contributed by atoms with van der Waals surface area (Å²) in [6.07, 6.45) is 0.383. The third-order valence-electron chi connectivity index (χ3n) is 1.93. The van der Waals surface area contributed by atoms with Gasteiger partial charge in [-0.3, -0.25) is 4.79 Å². The van der Waals surface area contributed by atoms with Crippen molar-refractivity contribution in [3.63, 3.8) is 0 Å². The van der Waals surface area contributed by atoms with Gasteiger partial charge in [-0.05, 0) is 12.3 Å². The Morgan fingerprint density at radius 3 is 2.33 bits per heavy atom. The Morgan fingerprint density at radius 2 is 2.00 bits per heavy atom. The van der Waals surface area contributed by atoms with Crippen LogP contribution >= 0.6 is 0 Å². The highest BCUT2D eigenvalue weighted by Crippen LogP contribution is 2.22. The molecular formula is C6H12N2O3S. The molecule has 4 N–H and O–H groups in total. The average Bonchev–Trinajstić information content (AvgIpc) is 1.83. The van der Waals surface area contributed by atoms with Crippen LogP contribution in [0.25, 0.3) is 0 Å². The van der Waals surface area contributed by atoms with E-state index < -0.39 is 21.8 Å². The smallest absolute Gasteiger partial charge is 0.234 e. The van der Waals surface area contributed by atoms with Gasteiger partial charge in [-0.2, -0.15) is 0 Å². The first kappa shape index (κ1) is 9.47. The minimum atomic E-state index is -2.81. The van der Waals surface area contributed by atoms with Gasteiger partial charge in [0.1, 0.15) is 0 Å². The molecule has 1 aliphatic heterocycles. The van der Waals surface area contributed by atoms with Gasteiger partial charge in [0.2, 0.25) is 5.91 Å². The van der Waals surface area contributed by atoms with Crippen molar-refractivity contribution in [2.75, 3.05) is 11.5 Å². The molecule has 0 radical (unpaired) electrons. The van der Waals surface area contributed by atoms with Crippen LogP contribution in [0.5, 0.6) is 0 Å². The Bertz CT molecular complexity index is 273. The quantitative estimate of drug-likeness (QED) is 0.552. The van der Waals surface area contributed by atoms with Crippen LogP contribution in [0.3, 0.4) is 0 Å². The molecule has 0 saturated carbocycles. The molecule has 0 aromatic carbocycles. The Labute approximate surface area is 71.0 Å². The molecule has 1 atom stereocenters. The van der Waals surface area contributed by atoms with Crippen molar-refractivity contribution >= 4 is 15.7 Å². The van der Waals surface area contributed by atoms with Crippen LogP contribution in [0.2, 0.25) is 0 Å². The van der Waals surface area contributed by atoms with E-state index in [0.717, 1.165) is 0 Å². The van der Waals surface area contributed by atoms with E-state index >= 15 is 0 Å². The number of hydrogen-bond donors (Lipinski definition) is 2. The van der Waals surface area contributed by atoms with Gasteiger partial charge < -0.3 is 11.5 Å². The summed E-state index contributed by atoms with van der Waals surface area (Å²) in [5.74, 6) is -0.251. The van der Waals surface area contributed by atoms with Crippen molar-refractivity contribution in [2.45, 2.75) is 12.5 Å². The number of carbonyl (C=O) groups excluding carboxylic acids is 1. The molecule has 1 fully saturated rings. The van der Waals surface area contributed by atoms with Crippen molar-refractivity contribution in [3.05, 3.63) is 0 Å². The molecule has 0 spiro atoms. The molecule has 6 heteroatoms. The van der Waals surface area contributed by atoms with Gasteiger partial charge in [0.15, 0.2) is 9.84 Å². The third kappa shape index (κ3) is 2.18. The number of primary amides is 1. The van der Waals surface area contributed by atoms with Crippen LogP contribution in [-0.4, -0.2) is 31.9 Å². The molecule has 0 aromatic rings. The number of carbonyl (C=O) groups is 1. The molecule has 1 saturated heterocycles. The second kappa shape index (κ2) is 3.02. The molecule has 1 rings (SSSR count). The van der Waals surface area contributed by atoms with E-state index in [0.29, 0.717) is 6.42 Å². The molecule has 0 bridgehead atoms. The first-order valence-corrected chi connectivity index (χ1v) is 5.48. The molecule has 1 unspecified atom stereocenters. The van der Waals surface area contributed by atoms with Gasteiger partial charge in [-0.15, -0.1) is 0 Å². The predicted molar refractivity (Wildman–Crippen MR) is 43.9 cm³/mol. The minimum absolute atomic E-state index is 0.0255. The molecular weight excluding hydrogens is 180 g/mol. The zero-order valence-electron chi connectivity index (χ0n) is 6.56. The normalized spacial score (nSPS) is 24.4. The molecule has 70 valence electrons. The molecule has 0 aromatic heterocycles. The summed E-state index contributed by atoms with van der Waals surface area (Å²) in [7, 11) is -2.81. The summed E-state index contributed by atoms with van der Waals surface area (Å²) in [5.41, 5.74) is 10.3. The summed E-state index contributed by atoms with van der Waals surface area (Å²) in [6.45, 7) is 0. The maximum Gasteiger partial charge on any atom is 0.234 e. The highest BCUT2D eigenvalue weighted by molar-refractivity contribution is 7.92. The molecule has 0 aliphatic carbocycles. The largest absolute Gasteiger partial charge is 0.368 e. The lowest BCUT2D eigenvalue weighted by molar-refractivity contribution is -0.119. The molecule has 1 aliphatic rings.